The second kappa shape index (κ2) is 6.69. The summed E-state index contributed by atoms with van der Waals surface area (Å²) in [5, 5.41) is 19.2. The Kier molecular flexibility index (Phi) is 5.26. The van der Waals surface area contributed by atoms with Crippen LogP contribution in [0.2, 0.25) is 0 Å². The molecule has 0 spiro atoms. The van der Waals surface area contributed by atoms with Gasteiger partial charge in [0.15, 0.2) is 29.5 Å². The highest BCUT2D eigenvalue weighted by Gasteiger charge is 2.58. The number of hydrogen-bond acceptors (Lipinski definition) is 3. The van der Waals surface area contributed by atoms with Gasteiger partial charge in [0.25, 0.3) is 0 Å². The molecule has 1 aliphatic rings. The van der Waals surface area contributed by atoms with Crippen molar-refractivity contribution in [2.75, 3.05) is 6.54 Å². The fourth-order valence-corrected chi connectivity index (χ4v) is 3.52. The predicted octanol–water partition coefficient (Wildman–Crippen LogP) is 4.10. The quantitative estimate of drug-likeness (QED) is 0.267. The van der Waals surface area contributed by atoms with E-state index in [9.17, 15) is 32.3 Å². The monoisotopic (exact) mass is 376 g/mol. The Morgan fingerprint density at radius 3 is 1.88 bits per heavy atom. The molecule has 1 fully saturated rings. The highest BCUT2D eigenvalue weighted by Crippen LogP contribution is 2.61. The first kappa shape index (κ1) is 20.4. The van der Waals surface area contributed by atoms with Gasteiger partial charge >= 0.3 is 0 Å². The first-order valence-corrected chi connectivity index (χ1v) is 8.18. The normalized spacial score (nSPS) is 21.4. The summed E-state index contributed by atoms with van der Waals surface area (Å²) in [5.74, 6) is -10.1. The predicted molar refractivity (Wildman–Crippen MR) is 83.9 cm³/mol. The Bertz CT molecular complexity index is 722. The Morgan fingerprint density at radius 1 is 1.00 bits per heavy atom. The molecule has 8 heteroatoms. The fraction of sp³-hybridized carbons (Fsp3) is 0.611. The molecule has 0 aromatic heterocycles. The maximum absolute atomic E-state index is 13.8. The lowest BCUT2D eigenvalue weighted by Crippen LogP contribution is -2.24. The maximum atomic E-state index is 13.8. The molecule has 2 rings (SSSR count). The third-order valence-corrected chi connectivity index (χ3v) is 5.22. The highest BCUT2D eigenvalue weighted by molar-refractivity contribution is 5.24. The van der Waals surface area contributed by atoms with Crippen molar-refractivity contribution in [3.8, 4) is 6.19 Å². The van der Waals surface area contributed by atoms with Crippen LogP contribution in [0.25, 0.3) is 0 Å². The lowest BCUT2D eigenvalue weighted by molar-refractivity contribution is 0.0599. The minimum atomic E-state index is -2.22. The summed E-state index contributed by atoms with van der Waals surface area (Å²) in [5.41, 5.74) is -2.14. The van der Waals surface area contributed by atoms with Gasteiger partial charge in [-0.25, -0.2) is 22.0 Å². The molecular formula is C18H21F5N2O. The van der Waals surface area contributed by atoms with Crippen LogP contribution in [0.1, 0.15) is 39.7 Å². The van der Waals surface area contributed by atoms with E-state index in [-0.39, 0.29) is 23.8 Å². The van der Waals surface area contributed by atoms with Gasteiger partial charge in [-0.2, -0.15) is 5.26 Å². The van der Waals surface area contributed by atoms with E-state index in [1.165, 1.54) is 0 Å². The summed E-state index contributed by atoms with van der Waals surface area (Å²) in [6.07, 6.45) is 2.23. The summed E-state index contributed by atoms with van der Waals surface area (Å²) in [6.45, 7) is 6.60. The first-order chi connectivity index (χ1) is 11.8. The summed E-state index contributed by atoms with van der Waals surface area (Å²) in [4.78, 5) is 0.981. The van der Waals surface area contributed by atoms with Crippen LogP contribution in [0.4, 0.5) is 22.0 Å². The van der Waals surface area contributed by atoms with E-state index in [1.807, 2.05) is 13.8 Å². The van der Waals surface area contributed by atoms with Crippen molar-refractivity contribution >= 4 is 0 Å². The van der Waals surface area contributed by atoms with Gasteiger partial charge in [0.2, 0.25) is 5.82 Å². The van der Waals surface area contributed by atoms with Crippen LogP contribution in [0.15, 0.2) is 0 Å². The topological polar surface area (TPSA) is 47.3 Å². The van der Waals surface area contributed by atoms with E-state index in [0.29, 0.717) is 6.42 Å². The van der Waals surface area contributed by atoms with Crippen molar-refractivity contribution in [1.82, 2.24) is 4.90 Å². The van der Waals surface area contributed by atoms with E-state index in [0.717, 1.165) is 4.90 Å². The van der Waals surface area contributed by atoms with Crippen LogP contribution >= 0.6 is 0 Å². The maximum Gasteiger partial charge on any atom is 0.200 e. The van der Waals surface area contributed by atoms with Crippen LogP contribution in [0.3, 0.4) is 0 Å². The summed E-state index contributed by atoms with van der Waals surface area (Å²) >= 11 is 0. The molecule has 1 aliphatic carbocycles. The fourth-order valence-electron chi connectivity index (χ4n) is 3.52. The standard InChI is InChI=1S/C18H21F5N2O/c1-17(2,26)5-10-11(18(10,3)4)7-25(8-24)6-9-12(19)14(21)16(23)15(22)13(9)20/h10-11,26H,5-7H2,1-4H3. The lowest BCUT2D eigenvalue weighted by Gasteiger charge is -2.19. The molecule has 0 saturated heterocycles. The van der Waals surface area contributed by atoms with Crippen molar-refractivity contribution in [2.45, 2.75) is 46.3 Å². The largest absolute Gasteiger partial charge is 0.390 e. The van der Waals surface area contributed by atoms with Gasteiger partial charge in [-0.3, -0.25) is 0 Å². The molecule has 0 heterocycles. The van der Waals surface area contributed by atoms with Crippen LogP contribution in [0, 0.1) is 57.8 Å². The van der Waals surface area contributed by atoms with Crippen LogP contribution in [-0.2, 0) is 6.54 Å². The van der Waals surface area contributed by atoms with Gasteiger partial charge in [0.1, 0.15) is 0 Å². The van der Waals surface area contributed by atoms with Crippen molar-refractivity contribution in [3.63, 3.8) is 0 Å². The minimum absolute atomic E-state index is 0.0464. The second-order valence-corrected chi connectivity index (χ2v) is 8.08. The molecule has 0 aliphatic heterocycles. The zero-order chi connectivity index (χ0) is 20.0. The number of hydrogen-bond donors (Lipinski definition) is 1. The molecule has 2 unspecified atom stereocenters. The molecular weight excluding hydrogens is 355 g/mol. The van der Waals surface area contributed by atoms with Gasteiger partial charge in [-0.1, -0.05) is 13.8 Å². The SMILES string of the molecule is CC(C)(O)CC1C(CN(C#N)Cc2c(F)c(F)c(F)c(F)c2F)C1(C)C. The van der Waals surface area contributed by atoms with Gasteiger partial charge in [-0.05, 0) is 37.5 Å². The van der Waals surface area contributed by atoms with Gasteiger partial charge in [0, 0.05) is 12.1 Å². The lowest BCUT2D eigenvalue weighted by atomic mass is 9.97. The third kappa shape index (κ3) is 3.78. The number of nitrogens with zero attached hydrogens (tertiary/aromatic N) is 2. The number of halogens is 5. The van der Waals surface area contributed by atoms with Gasteiger partial charge < -0.3 is 10.0 Å². The number of nitriles is 1. The van der Waals surface area contributed by atoms with E-state index >= 15 is 0 Å². The average molecular weight is 376 g/mol. The minimum Gasteiger partial charge on any atom is -0.390 e. The number of benzene rings is 1. The Hall–Kier alpha value is -1.88. The summed E-state index contributed by atoms with van der Waals surface area (Å²) < 4.78 is 67.4. The molecule has 1 aromatic carbocycles. The molecule has 0 radical (unpaired) electrons. The third-order valence-electron chi connectivity index (χ3n) is 5.22. The van der Waals surface area contributed by atoms with Crippen LogP contribution in [0.5, 0.6) is 0 Å². The van der Waals surface area contributed by atoms with Crippen molar-refractivity contribution in [1.29, 1.82) is 5.26 Å². The van der Waals surface area contributed by atoms with E-state index in [1.54, 1.807) is 20.0 Å². The first-order valence-electron chi connectivity index (χ1n) is 8.18. The molecule has 1 N–H and O–H groups in total. The molecule has 0 amide bonds. The van der Waals surface area contributed by atoms with Crippen molar-refractivity contribution in [2.24, 2.45) is 17.3 Å². The molecule has 26 heavy (non-hydrogen) atoms. The average Bonchev–Trinajstić information content (AvgIpc) is 3.03. The Morgan fingerprint density at radius 2 is 1.46 bits per heavy atom. The van der Waals surface area contributed by atoms with Crippen LogP contribution in [-0.4, -0.2) is 22.2 Å². The summed E-state index contributed by atoms with van der Waals surface area (Å²) in [7, 11) is 0. The Labute approximate surface area is 149 Å². The molecule has 1 saturated carbocycles. The van der Waals surface area contributed by atoms with Gasteiger partial charge in [0.05, 0.1) is 12.1 Å². The van der Waals surface area contributed by atoms with Crippen LogP contribution < -0.4 is 0 Å². The zero-order valence-corrected chi connectivity index (χ0v) is 15.0. The second-order valence-electron chi connectivity index (χ2n) is 8.08. The molecule has 1 aromatic rings. The number of aliphatic hydroxyl groups is 1. The van der Waals surface area contributed by atoms with Crippen molar-refractivity contribution < 1.29 is 27.1 Å². The molecule has 144 valence electrons. The number of rotatable bonds is 6. The smallest absolute Gasteiger partial charge is 0.200 e. The van der Waals surface area contributed by atoms with E-state index in [4.69, 9.17) is 0 Å². The molecule has 0 bridgehead atoms. The zero-order valence-electron chi connectivity index (χ0n) is 15.0. The van der Waals surface area contributed by atoms with Crippen molar-refractivity contribution in [3.05, 3.63) is 34.6 Å². The van der Waals surface area contributed by atoms with E-state index in [2.05, 4.69) is 0 Å². The summed E-state index contributed by atoms with van der Waals surface area (Å²) in [6, 6.07) is 0. The Balaban J connectivity index is 2.19. The molecule has 2 atom stereocenters. The van der Waals surface area contributed by atoms with E-state index < -0.39 is 46.8 Å². The highest BCUT2D eigenvalue weighted by atomic mass is 19.2. The molecule has 3 nitrogen and oxygen atoms in total. The van der Waals surface area contributed by atoms with Gasteiger partial charge in [-0.15, -0.1) is 0 Å².